The van der Waals surface area contributed by atoms with Crippen LogP contribution in [0.3, 0.4) is 0 Å². The molecule has 4 aromatic rings. The molecular weight excluding hydrogens is 353 g/mol. The lowest BCUT2D eigenvalue weighted by Gasteiger charge is -2.22. The van der Waals surface area contributed by atoms with E-state index >= 15 is 0 Å². The Morgan fingerprint density at radius 2 is 0.571 bits per heavy atom. The van der Waals surface area contributed by atoms with Crippen LogP contribution in [0.4, 0.5) is 0 Å². The van der Waals surface area contributed by atoms with Gasteiger partial charge in [-0.15, -0.1) is 0 Å². The number of epoxide rings is 1. The predicted octanol–water partition coefficient (Wildman–Crippen LogP) is 4.99. The molecule has 0 saturated carbocycles. The van der Waals surface area contributed by atoms with Crippen LogP contribution in [-0.4, -0.2) is 23.1 Å². The van der Waals surface area contributed by atoms with Crippen LogP contribution >= 0.6 is 0 Å². The van der Waals surface area contributed by atoms with Crippen molar-refractivity contribution >= 4 is 23.1 Å². The summed E-state index contributed by atoms with van der Waals surface area (Å²) in [6.45, 7) is 0. The van der Waals surface area contributed by atoms with Crippen molar-refractivity contribution in [2.24, 2.45) is 0 Å². The Labute approximate surface area is 182 Å². The summed E-state index contributed by atoms with van der Waals surface area (Å²) in [5.74, 6) is 0. The van der Waals surface area contributed by atoms with E-state index in [2.05, 4.69) is 121 Å². The lowest BCUT2D eigenvalue weighted by molar-refractivity contribution is 0.300. The lowest BCUT2D eigenvalue weighted by atomic mass is 9.74. The first-order valence-electron chi connectivity index (χ1n) is 9.30. The second-order valence-electron chi connectivity index (χ2n) is 6.93. The highest BCUT2D eigenvalue weighted by Gasteiger charge is 2.73. The number of benzene rings is 4. The highest BCUT2D eigenvalue weighted by molar-refractivity contribution is 5.75. The van der Waals surface area contributed by atoms with Crippen LogP contribution < -0.4 is 0 Å². The van der Waals surface area contributed by atoms with Crippen molar-refractivity contribution < 1.29 is 4.74 Å². The molecule has 134 valence electrons. The van der Waals surface area contributed by atoms with Gasteiger partial charge in [0.15, 0.2) is 11.2 Å². The number of hydrogen-bond donors (Lipinski definition) is 0. The van der Waals surface area contributed by atoms with E-state index in [1.54, 1.807) is 0 Å². The van der Waals surface area contributed by atoms with Gasteiger partial charge in [0.05, 0.1) is 0 Å². The minimum absolute atomic E-state index is 0. The smallest absolute Gasteiger partial charge is 0.316 e. The van der Waals surface area contributed by atoms with Crippen LogP contribution in [0.5, 0.6) is 0 Å². The molecule has 0 amide bonds. The van der Waals surface area contributed by atoms with E-state index in [1.165, 1.54) is 22.3 Å². The van der Waals surface area contributed by atoms with Gasteiger partial charge in [0, 0.05) is 0 Å². The van der Waals surface area contributed by atoms with Crippen molar-refractivity contribution in [3.05, 3.63) is 144 Å². The molecule has 1 saturated heterocycles. The van der Waals surface area contributed by atoms with Crippen molar-refractivity contribution in [1.29, 1.82) is 0 Å². The molecule has 0 unspecified atom stereocenters. The number of hydrogen-bond acceptors (Lipinski definition) is 1. The van der Waals surface area contributed by atoms with Crippen LogP contribution in [0.15, 0.2) is 121 Å². The van der Waals surface area contributed by atoms with Gasteiger partial charge in [0.2, 0.25) is 0 Å². The van der Waals surface area contributed by atoms with Gasteiger partial charge in [-0.1, -0.05) is 121 Å². The van der Waals surface area contributed by atoms with Crippen LogP contribution in [0, 0.1) is 0 Å². The van der Waals surface area contributed by atoms with Gasteiger partial charge < -0.3 is 4.74 Å². The van der Waals surface area contributed by atoms with Gasteiger partial charge >= 0.3 is 23.1 Å². The van der Waals surface area contributed by atoms with Gasteiger partial charge in [-0.2, -0.15) is 0 Å². The van der Waals surface area contributed by atoms with Crippen LogP contribution in [-0.2, 0) is 15.9 Å². The van der Waals surface area contributed by atoms with Crippen molar-refractivity contribution in [1.82, 2.24) is 0 Å². The average Bonchev–Trinajstić information content (AvgIpc) is 3.49. The largest absolute Gasteiger partial charge is 0.342 e. The monoisotopic (exact) mass is 374 g/mol. The lowest BCUT2D eigenvalue weighted by Crippen LogP contribution is -2.25. The zero-order valence-electron chi connectivity index (χ0n) is 15.0. The Kier molecular flexibility index (Phi) is 5.11. The molecular formula is C26H22MgO. The quantitative estimate of drug-likeness (QED) is 0.362. The summed E-state index contributed by atoms with van der Waals surface area (Å²) in [6.07, 6.45) is 0. The van der Waals surface area contributed by atoms with E-state index in [0.717, 1.165) is 0 Å². The second kappa shape index (κ2) is 7.55. The van der Waals surface area contributed by atoms with E-state index in [4.69, 9.17) is 4.74 Å². The molecule has 0 spiro atoms. The Hall–Kier alpha value is -2.39. The molecule has 0 radical (unpaired) electrons. The molecule has 4 aromatic carbocycles. The van der Waals surface area contributed by atoms with Gasteiger partial charge in [-0.25, -0.2) is 0 Å². The maximum atomic E-state index is 6.84. The molecule has 1 fully saturated rings. The van der Waals surface area contributed by atoms with E-state index in [1.807, 2.05) is 0 Å². The van der Waals surface area contributed by atoms with E-state index < -0.39 is 11.2 Å². The summed E-state index contributed by atoms with van der Waals surface area (Å²) in [7, 11) is 0. The summed E-state index contributed by atoms with van der Waals surface area (Å²) in [5, 5.41) is 0. The first-order chi connectivity index (χ1) is 13.4. The normalized spacial score (nSPS) is 16.0. The van der Waals surface area contributed by atoms with Crippen LogP contribution in [0.25, 0.3) is 0 Å². The van der Waals surface area contributed by atoms with Crippen LogP contribution in [0.1, 0.15) is 22.3 Å². The fourth-order valence-corrected chi connectivity index (χ4v) is 4.28. The summed E-state index contributed by atoms with van der Waals surface area (Å²) in [6, 6.07) is 42.2. The van der Waals surface area contributed by atoms with Crippen molar-refractivity contribution in [3.8, 4) is 0 Å². The average molecular weight is 375 g/mol. The topological polar surface area (TPSA) is 12.5 Å². The standard InChI is InChI=1S/C26H20O.Mg.2H/c1-5-13-21(14-6-1)25(22-15-7-2-8-16-22)26(27-25,23-17-9-3-10-18-23)24-19-11-4-12-20-24;;;/h1-20H;;;. The summed E-state index contributed by atoms with van der Waals surface area (Å²) < 4.78 is 6.84. The maximum absolute atomic E-state index is 6.84. The summed E-state index contributed by atoms with van der Waals surface area (Å²) >= 11 is 0. The molecule has 0 aromatic heterocycles. The Morgan fingerprint density at radius 1 is 0.357 bits per heavy atom. The number of ether oxygens (including phenoxy) is 1. The molecule has 0 N–H and O–H groups in total. The molecule has 1 aliphatic rings. The Morgan fingerprint density at radius 3 is 0.786 bits per heavy atom. The SMILES string of the molecule is [MgH2].c1ccc(C2(c3ccccc3)OC2(c2ccccc2)c2ccccc2)cc1. The predicted molar refractivity (Wildman–Crippen MR) is 117 cm³/mol. The van der Waals surface area contributed by atoms with E-state index in [-0.39, 0.29) is 23.1 Å². The van der Waals surface area contributed by atoms with Gasteiger partial charge in [0.1, 0.15) is 0 Å². The first kappa shape index (κ1) is 18.9. The third-order valence-corrected chi connectivity index (χ3v) is 5.48. The third-order valence-electron chi connectivity index (χ3n) is 5.48. The van der Waals surface area contributed by atoms with E-state index in [9.17, 15) is 0 Å². The zero-order valence-corrected chi connectivity index (χ0v) is 15.0. The van der Waals surface area contributed by atoms with Crippen molar-refractivity contribution in [3.63, 3.8) is 0 Å². The second-order valence-corrected chi connectivity index (χ2v) is 6.93. The molecule has 1 nitrogen and oxygen atoms in total. The molecule has 28 heavy (non-hydrogen) atoms. The molecule has 0 aliphatic carbocycles. The molecule has 1 aliphatic heterocycles. The molecule has 1 heterocycles. The fraction of sp³-hybridized carbons (Fsp3) is 0.0769. The molecule has 2 heteroatoms. The molecule has 5 rings (SSSR count). The van der Waals surface area contributed by atoms with Gasteiger partial charge in [-0.05, 0) is 22.3 Å². The summed E-state index contributed by atoms with van der Waals surface area (Å²) in [5.41, 5.74) is 3.59. The zero-order chi connectivity index (χ0) is 18.2. The molecule has 0 bridgehead atoms. The minimum Gasteiger partial charge on any atom is -0.342 e. The molecule has 0 atom stereocenters. The van der Waals surface area contributed by atoms with E-state index in [0.29, 0.717) is 0 Å². The fourth-order valence-electron chi connectivity index (χ4n) is 4.28. The minimum atomic E-state index is -0.543. The Bertz CT molecular complexity index is 865. The van der Waals surface area contributed by atoms with Crippen molar-refractivity contribution in [2.45, 2.75) is 11.2 Å². The summed E-state index contributed by atoms with van der Waals surface area (Å²) in [4.78, 5) is 0. The van der Waals surface area contributed by atoms with Crippen LogP contribution in [0.2, 0.25) is 0 Å². The Balaban J connectivity index is 0.00000192. The van der Waals surface area contributed by atoms with Gasteiger partial charge in [0.25, 0.3) is 0 Å². The first-order valence-corrected chi connectivity index (χ1v) is 9.30. The highest BCUT2D eigenvalue weighted by Crippen LogP contribution is 2.68. The third kappa shape index (κ3) is 2.72. The van der Waals surface area contributed by atoms with Gasteiger partial charge in [-0.3, -0.25) is 0 Å². The number of rotatable bonds is 4. The highest BCUT2D eigenvalue weighted by atomic mass is 24.3. The van der Waals surface area contributed by atoms with Crippen molar-refractivity contribution in [2.75, 3.05) is 0 Å². The maximum Gasteiger partial charge on any atom is 0.316 e.